The SMILES string of the molecule is COC(=O)CN1C[C@@]2(CC2C(F)(F)F)c2cc(Br)ccc2C1O. The Bertz CT molecular complexity index is 651. The van der Waals surface area contributed by atoms with Crippen LogP contribution in [0.3, 0.4) is 0 Å². The minimum Gasteiger partial charge on any atom is -0.468 e. The molecule has 0 bridgehead atoms. The third-order valence-electron chi connectivity index (χ3n) is 4.69. The van der Waals surface area contributed by atoms with Gasteiger partial charge in [-0.1, -0.05) is 22.0 Å². The van der Waals surface area contributed by atoms with Crippen molar-refractivity contribution < 1.29 is 27.8 Å². The molecule has 1 aromatic rings. The Hall–Kier alpha value is -1.12. The fourth-order valence-electron chi connectivity index (χ4n) is 3.50. The summed E-state index contributed by atoms with van der Waals surface area (Å²) in [5.41, 5.74) is -0.192. The zero-order valence-corrected chi connectivity index (χ0v) is 13.8. The van der Waals surface area contributed by atoms with Crippen LogP contribution in [0.2, 0.25) is 0 Å². The Morgan fingerprint density at radius 2 is 2.22 bits per heavy atom. The molecule has 1 aromatic carbocycles. The third-order valence-corrected chi connectivity index (χ3v) is 5.18. The second-order valence-corrected chi connectivity index (χ2v) is 6.96. The number of ether oxygens (including phenoxy) is 1. The molecule has 1 saturated carbocycles. The lowest BCUT2D eigenvalue weighted by Gasteiger charge is -2.39. The minimum atomic E-state index is -4.31. The average Bonchev–Trinajstić information content (AvgIpc) is 3.20. The number of fused-ring (bicyclic) bond motifs is 2. The first-order chi connectivity index (χ1) is 10.7. The largest absolute Gasteiger partial charge is 0.468 e. The highest BCUT2D eigenvalue weighted by molar-refractivity contribution is 9.10. The number of aliphatic hydroxyl groups excluding tert-OH is 1. The number of esters is 1. The van der Waals surface area contributed by atoms with Gasteiger partial charge in [-0.15, -0.1) is 0 Å². The van der Waals surface area contributed by atoms with Crippen molar-refractivity contribution >= 4 is 21.9 Å². The Morgan fingerprint density at radius 3 is 2.78 bits per heavy atom. The molecule has 3 atom stereocenters. The summed E-state index contributed by atoms with van der Waals surface area (Å²) in [6.45, 7) is -0.281. The van der Waals surface area contributed by atoms with E-state index in [1.54, 1.807) is 18.2 Å². The maximum absolute atomic E-state index is 13.2. The van der Waals surface area contributed by atoms with Crippen LogP contribution in [0.1, 0.15) is 23.8 Å². The quantitative estimate of drug-likeness (QED) is 0.784. The van der Waals surface area contributed by atoms with Crippen molar-refractivity contribution in [2.75, 3.05) is 20.2 Å². The van der Waals surface area contributed by atoms with Crippen molar-refractivity contribution in [1.82, 2.24) is 4.90 Å². The van der Waals surface area contributed by atoms with E-state index < -0.39 is 29.7 Å². The standard InChI is InChI=1S/C15H15BrF3NO3/c1-23-12(21)6-20-7-14(5-11(14)15(17,18)19)10-4-8(16)2-3-9(10)13(20)22/h2-4,11,13,22H,5-7H2,1H3/t11?,13?,14-/m0/s1. The van der Waals surface area contributed by atoms with Crippen LogP contribution in [0.4, 0.5) is 13.2 Å². The van der Waals surface area contributed by atoms with E-state index >= 15 is 0 Å². The van der Waals surface area contributed by atoms with Crippen molar-refractivity contribution in [2.24, 2.45) is 5.92 Å². The van der Waals surface area contributed by atoms with Crippen LogP contribution >= 0.6 is 15.9 Å². The van der Waals surface area contributed by atoms with E-state index in [-0.39, 0.29) is 19.5 Å². The molecule has 0 aromatic heterocycles. The molecule has 0 radical (unpaired) electrons. The molecule has 1 spiro atoms. The van der Waals surface area contributed by atoms with E-state index in [2.05, 4.69) is 20.7 Å². The lowest BCUT2D eigenvalue weighted by molar-refractivity contribution is -0.157. The number of carbonyl (C=O) groups is 1. The highest BCUT2D eigenvalue weighted by Crippen LogP contribution is 2.64. The van der Waals surface area contributed by atoms with Gasteiger partial charge in [-0.3, -0.25) is 9.69 Å². The van der Waals surface area contributed by atoms with Crippen molar-refractivity contribution in [3.63, 3.8) is 0 Å². The molecule has 4 nitrogen and oxygen atoms in total. The van der Waals surface area contributed by atoms with Crippen LogP contribution < -0.4 is 0 Å². The van der Waals surface area contributed by atoms with E-state index in [1.165, 1.54) is 12.0 Å². The molecule has 0 amide bonds. The van der Waals surface area contributed by atoms with Gasteiger partial charge in [0.1, 0.15) is 6.23 Å². The number of benzene rings is 1. The highest BCUT2D eigenvalue weighted by Gasteiger charge is 2.69. The first-order valence-corrected chi connectivity index (χ1v) is 7.84. The molecule has 2 aliphatic rings. The Morgan fingerprint density at radius 1 is 1.52 bits per heavy atom. The van der Waals surface area contributed by atoms with E-state index in [0.29, 0.717) is 15.6 Å². The third kappa shape index (κ3) is 2.77. The number of rotatable bonds is 2. The number of methoxy groups -OCH3 is 1. The smallest absolute Gasteiger partial charge is 0.392 e. The molecule has 2 unspecified atom stereocenters. The number of aliphatic hydroxyl groups is 1. The van der Waals surface area contributed by atoms with Crippen LogP contribution in [0, 0.1) is 5.92 Å². The van der Waals surface area contributed by atoms with Crippen LogP contribution in [-0.2, 0) is 14.9 Å². The molecular weight excluding hydrogens is 379 g/mol. The maximum atomic E-state index is 13.2. The zero-order valence-electron chi connectivity index (χ0n) is 12.2. The summed E-state index contributed by atoms with van der Waals surface area (Å²) >= 11 is 3.28. The molecule has 1 fully saturated rings. The van der Waals surface area contributed by atoms with Gasteiger partial charge in [0.25, 0.3) is 0 Å². The number of nitrogens with zero attached hydrogens (tertiary/aromatic N) is 1. The number of alkyl halides is 3. The summed E-state index contributed by atoms with van der Waals surface area (Å²) in [5.74, 6) is -2.06. The molecule has 1 heterocycles. The Labute approximate surface area is 139 Å². The predicted octanol–water partition coefficient (Wildman–Crippen LogP) is 2.75. The van der Waals surface area contributed by atoms with Gasteiger partial charge >= 0.3 is 12.1 Å². The predicted molar refractivity (Wildman–Crippen MR) is 78.5 cm³/mol. The second-order valence-electron chi connectivity index (χ2n) is 6.04. The van der Waals surface area contributed by atoms with Crippen LogP contribution in [0.25, 0.3) is 0 Å². The van der Waals surface area contributed by atoms with Crippen molar-refractivity contribution in [2.45, 2.75) is 24.2 Å². The first-order valence-electron chi connectivity index (χ1n) is 7.04. The van der Waals surface area contributed by atoms with Crippen molar-refractivity contribution in [1.29, 1.82) is 0 Å². The highest BCUT2D eigenvalue weighted by atomic mass is 79.9. The molecule has 1 N–H and O–H groups in total. The first kappa shape index (κ1) is 16.7. The number of hydrogen-bond donors (Lipinski definition) is 1. The topological polar surface area (TPSA) is 49.8 Å². The lowest BCUT2D eigenvalue weighted by atomic mass is 9.84. The van der Waals surface area contributed by atoms with Gasteiger partial charge in [-0.25, -0.2) is 0 Å². The van der Waals surface area contributed by atoms with Gasteiger partial charge in [0.05, 0.1) is 19.6 Å². The fraction of sp³-hybridized carbons (Fsp3) is 0.533. The summed E-state index contributed by atoms with van der Waals surface area (Å²) < 4.78 is 44.9. The van der Waals surface area contributed by atoms with E-state index in [4.69, 9.17) is 0 Å². The van der Waals surface area contributed by atoms with Crippen LogP contribution in [-0.4, -0.2) is 42.4 Å². The molecule has 3 rings (SSSR count). The van der Waals surface area contributed by atoms with Gasteiger partial charge in [0.2, 0.25) is 0 Å². The Balaban J connectivity index is 2.02. The molecule has 126 valence electrons. The number of halogens is 4. The zero-order chi connectivity index (χ0) is 17.0. The summed E-state index contributed by atoms with van der Waals surface area (Å²) in [7, 11) is 1.20. The molecule has 23 heavy (non-hydrogen) atoms. The summed E-state index contributed by atoms with van der Waals surface area (Å²) in [6.07, 6.45) is -5.47. The Kier molecular flexibility index (Phi) is 3.97. The monoisotopic (exact) mass is 393 g/mol. The number of hydrogen-bond acceptors (Lipinski definition) is 4. The van der Waals surface area contributed by atoms with Crippen LogP contribution in [0.15, 0.2) is 22.7 Å². The van der Waals surface area contributed by atoms with Crippen molar-refractivity contribution in [3.05, 3.63) is 33.8 Å². The lowest BCUT2D eigenvalue weighted by Crippen LogP contribution is -2.46. The normalized spacial score (nSPS) is 30.2. The van der Waals surface area contributed by atoms with Gasteiger partial charge < -0.3 is 9.84 Å². The van der Waals surface area contributed by atoms with Gasteiger partial charge in [-0.2, -0.15) is 13.2 Å². The fourth-order valence-corrected chi connectivity index (χ4v) is 3.86. The number of carbonyl (C=O) groups excluding carboxylic acids is 1. The maximum Gasteiger partial charge on any atom is 0.392 e. The summed E-state index contributed by atoms with van der Waals surface area (Å²) in [4.78, 5) is 12.8. The van der Waals surface area contributed by atoms with E-state index in [0.717, 1.165) is 0 Å². The van der Waals surface area contributed by atoms with E-state index in [9.17, 15) is 23.1 Å². The molecular formula is C15H15BrF3NO3. The van der Waals surface area contributed by atoms with Crippen molar-refractivity contribution in [3.8, 4) is 0 Å². The summed E-state index contributed by atoms with van der Waals surface area (Å²) in [5, 5.41) is 10.4. The van der Waals surface area contributed by atoms with Gasteiger partial charge in [-0.05, 0) is 29.7 Å². The average molecular weight is 394 g/mol. The van der Waals surface area contributed by atoms with Gasteiger partial charge in [0, 0.05) is 16.4 Å². The molecule has 8 heteroatoms. The van der Waals surface area contributed by atoms with Crippen LogP contribution in [0.5, 0.6) is 0 Å². The summed E-state index contributed by atoms with van der Waals surface area (Å²) in [6, 6.07) is 4.91. The van der Waals surface area contributed by atoms with E-state index in [1.807, 2.05) is 0 Å². The molecule has 0 saturated heterocycles. The minimum absolute atomic E-state index is 0.0309. The van der Waals surface area contributed by atoms with Gasteiger partial charge in [0.15, 0.2) is 0 Å². The molecule has 1 aliphatic carbocycles. The second kappa shape index (κ2) is 5.46. The molecule has 1 aliphatic heterocycles.